The molecule has 0 fully saturated rings. The van der Waals surface area contributed by atoms with Gasteiger partial charge in [-0.05, 0) is 30.2 Å². The van der Waals surface area contributed by atoms with E-state index in [4.69, 9.17) is 4.74 Å². The molecule has 3 heteroatoms. The second kappa shape index (κ2) is 6.05. The van der Waals surface area contributed by atoms with Crippen LogP contribution in [-0.2, 0) is 11.2 Å². The Morgan fingerprint density at radius 1 is 1.16 bits per heavy atom. The van der Waals surface area contributed by atoms with Crippen molar-refractivity contribution in [3.05, 3.63) is 65.2 Å². The van der Waals surface area contributed by atoms with E-state index in [0.29, 0.717) is 13.0 Å². The van der Waals surface area contributed by atoms with Crippen molar-refractivity contribution in [2.45, 2.75) is 13.3 Å². The maximum atomic E-state index is 11.8. The normalized spacial score (nSPS) is 10.2. The van der Waals surface area contributed by atoms with Crippen LogP contribution in [0.25, 0.3) is 0 Å². The van der Waals surface area contributed by atoms with Gasteiger partial charge in [-0.2, -0.15) is 0 Å². The fourth-order valence-electron chi connectivity index (χ4n) is 1.80. The number of aromatic hydroxyl groups is 1. The van der Waals surface area contributed by atoms with Crippen LogP contribution in [0.15, 0.2) is 48.5 Å². The number of phenols is 1. The Kier molecular flexibility index (Phi) is 4.18. The monoisotopic (exact) mass is 256 g/mol. The van der Waals surface area contributed by atoms with Gasteiger partial charge in [0.2, 0.25) is 0 Å². The fourth-order valence-corrected chi connectivity index (χ4v) is 1.80. The van der Waals surface area contributed by atoms with Crippen LogP contribution in [0.2, 0.25) is 0 Å². The molecule has 0 bridgehead atoms. The number of phenolic OH excluding ortho intramolecular Hbond substituents is 1. The van der Waals surface area contributed by atoms with E-state index >= 15 is 0 Å². The fraction of sp³-hybridized carbons (Fsp3) is 0.188. The molecule has 2 aromatic rings. The molecule has 1 N–H and O–H groups in total. The molecule has 2 rings (SSSR count). The maximum Gasteiger partial charge on any atom is 0.341 e. The number of carbonyl (C=O) groups is 1. The predicted molar refractivity (Wildman–Crippen MR) is 73.3 cm³/mol. The van der Waals surface area contributed by atoms with E-state index in [0.717, 1.165) is 11.1 Å². The number of rotatable bonds is 4. The molecule has 98 valence electrons. The molecule has 0 amide bonds. The van der Waals surface area contributed by atoms with Crippen LogP contribution in [0.3, 0.4) is 0 Å². The lowest BCUT2D eigenvalue weighted by atomic mass is 10.1. The van der Waals surface area contributed by atoms with Crippen molar-refractivity contribution in [1.29, 1.82) is 0 Å². The van der Waals surface area contributed by atoms with Crippen molar-refractivity contribution in [2.24, 2.45) is 0 Å². The molecule has 0 aliphatic rings. The second-order valence-corrected chi connectivity index (χ2v) is 4.39. The minimum atomic E-state index is -0.492. The van der Waals surface area contributed by atoms with Gasteiger partial charge in [0.25, 0.3) is 0 Å². The quantitative estimate of drug-likeness (QED) is 0.855. The highest BCUT2D eigenvalue weighted by Gasteiger charge is 2.12. The van der Waals surface area contributed by atoms with Crippen molar-refractivity contribution >= 4 is 5.97 Å². The summed E-state index contributed by atoms with van der Waals surface area (Å²) in [6.45, 7) is 2.15. The predicted octanol–water partition coefficient (Wildman–Crippen LogP) is 3.10. The molecule has 0 aliphatic heterocycles. The number of esters is 1. The Morgan fingerprint density at radius 2 is 1.89 bits per heavy atom. The lowest BCUT2D eigenvalue weighted by Crippen LogP contribution is -2.08. The van der Waals surface area contributed by atoms with Gasteiger partial charge in [-0.25, -0.2) is 4.79 Å². The highest BCUT2D eigenvalue weighted by atomic mass is 16.5. The standard InChI is InChI=1S/C16H16O3/c1-12-7-8-14(15(17)11-12)16(18)19-10-9-13-5-3-2-4-6-13/h2-8,11,17H,9-10H2,1H3. The largest absolute Gasteiger partial charge is 0.507 e. The number of hydrogen-bond acceptors (Lipinski definition) is 3. The van der Waals surface area contributed by atoms with E-state index in [1.807, 2.05) is 37.3 Å². The van der Waals surface area contributed by atoms with Crippen LogP contribution >= 0.6 is 0 Å². The van der Waals surface area contributed by atoms with Gasteiger partial charge in [0.1, 0.15) is 11.3 Å². The molecule has 0 saturated heterocycles. The summed E-state index contributed by atoms with van der Waals surface area (Å²) < 4.78 is 5.15. The van der Waals surface area contributed by atoms with Gasteiger partial charge in [-0.15, -0.1) is 0 Å². The molecule has 0 radical (unpaired) electrons. The molecule has 0 unspecified atom stereocenters. The Labute approximate surface area is 112 Å². The number of ether oxygens (including phenoxy) is 1. The lowest BCUT2D eigenvalue weighted by molar-refractivity contribution is 0.0506. The first-order chi connectivity index (χ1) is 9.16. The van der Waals surface area contributed by atoms with E-state index < -0.39 is 5.97 Å². The van der Waals surface area contributed by atoms with Crippen LogP contribution in [0.5, 0.6) is 5.75 Å². The average Bonchev–Trinajstić information content (AvgIpc) is 2.39. The number of aryl methyl sites for hydroxylation is 1. The molecule has 0 heterocycles. The summed E-state index contributed by atoms with van der Waals surface area (Å²) in [7, 11) is 0. The van der Waals surface area contributed by atoms with Gasteiger partial charge in [-0.1, -0.05) is 36.4 Å². The lowest BCUT2D eigenvalue weighted by Gasteiger charge is -2.07. The van der Waals surface area contributed by atoms with Crippen molar-refractivity contribution in [1.82, 2.24) is 0 Å². The zero-order valence-electron chi connectivity index (χ0n) is 10.8. The first kappa shape index (κ1) is 13.1. The Morgan fingerprint density at radius 3 is 2.58 bits per heavy atom. The topological polar surface area (TPSA) is 46.5 Å². The van der Waals surface area contributed by atoms with E-state index in [9.17, 15) is 9.90 Å². The molecule has 0 saturated carbocycles. The van der Waals surface area contributed by atoms with Gasteiger partial charge in [0.05, 0.1) is 6.61 Å². The van der Waals surface area contributed by atoms with E-state index in [1.165, 1.54) is 0 Å². The highest BCUT2D eigenvalue weighted by molar-refractivity contribution is 5.92. The van der Waals surface area contributed by atoms with Crippen LogP contribution in [0, 0.1) is 6.92 Å². The van der Waals surface area contributed by atoms with Gasteiger partial charge < -0.3 is 9.84 Å². The number of hydrogen-bond donors (Lipinski definition) is 1. The molecule has 3 nitrogen and oxygen atoms in total. The summed E-state index contributed by atoms with van der Waals surface area (Å²) in [6, 6.07) is 14.7. The minimum absolute atomic E-state index is 0.0373. The van der Waals surface area contributed by atoms with Crippen molar-refractivity contribution in [2.75, 3.05) is 6.61 Å². The first-order valence-electron chi connectivity index (χ1n) is 6.17. The number of carbonyl (C=O) groups excluding carboxylic acids is 1. The van der Waals surface area contributed by atoms with Crippen molar-refractivity contribution in [3.8, 4) is 5.75 Å². The SMILES string of the molecule is Cc1ccc(C(=O)OCCc2ccccc2)c(O)c1. The average molecular weight is 256 g/mol. The maximum absolute atomic E-state index is 11.8. The Hall–Kier alpha value is -2.29. The Bertz CT molecular complexity index is 561. The van der Waals surface area contributed by atoms with Gasteiger partial charge in [0, 0.05) is 6.42 Å². The molecule has 0 atom stereocenters. The molecule has 19 heavy (non-hydrogen) atoms. The summed E-state index contributed by atoms with van der Waals surface area (Å²) in [5, 5.41) is 9.68. The summed E-state index contributed by atoms with van der Waals surface area (Å²) in [4.78, 5) is 11.8. The van der Waals surface area contributed by atoms with Crippen LogP contribution < -0.4 is 0 Å². The summed E-state index contributed by atoms with van der Waals surface area (Å²) in [5.74, 6) is -0.529. The highest BCUT2D eigenvalue weighted by Crippen LogP contribution is 2.19. The van der Waals surface area contributed by atoms with E-state index in [-0.39, 0.29) is 11.3 Å². The van der Waals surface area contributed by atoms with E-state index in [2.05, 4.69) is 0 Å². The van der Waals surface area contributed by atoms with Gasteiger partial charge >= 0.3 is 5.97 Å². The molecular weight excluding hydrogens is 240 g/mol. The molecule has 0 aromatic heterocycles. The summed E-state index contributed by atoms with van der Waals surface area (Å²) in [6.07, 6.45) is 0.666. The van der Waals surface area contributed by atoms with Crippen LogP contribution in [0.4, 0.5) is 0 Å². The first-order valence-corrected chi connectivity index (χ1v) is 6.17. The molecule has 0 spiro atoms. The van der Waals surface area contributed by atoms with Crippen LogP contribution in [-0.4, -0.2) is 17.7 Å². The third kappa shape index (κ3) is 3.58. The molecule has 0 aliphatic carbocycles. The minimum Gasteiger partial charge on any atom is -0.507 e. The molecule has 2 aromatic carbocycles. The third-order valence-electron chi connectivity index (χ3n) is 2.84. The van der Waals surface area contributed by atoms with Crippen LogP contribution in [0.1, 0.15) is 21.5 Å². The second-order valence-electron chi connectivity index (χ2n) is 4.39. The zero-order valence-corrected chi connectivity index (χ0v) is 10.8. The summed E-state index contributed by atoms with van der Waals surface area (Å²) >= 11 is 0. The van der Waals surface area contributed by atoms with E-state index in [1.54, 1.807) is 18.2 Å². The third-order valence-corrected chi connectivity index (χ3v) is 2.84. The van der Waals surface area contributed by atoms with Crippen molar-refractivity contribution < 1.29 is 14.6 Å². The van der Waals surface area contributed by atoms with Gasteiger partial charge in [0.15, 0.2) is 0 Å². The van der Waals surface area contributed by atoms with Crippen molar-refractivity contribution in [3.63, 3.8) is 0 Å². The Balaban J connectivity index is 1.91. The number of benzene rings is 2. The zero-order chi connectivity index (χ0) is 13.7. The molecular formula is C16H16O3. The van der Waals surface area contributed by atoms with Gasteiger partial charge in [-0.3, -0.25) is 0 Å². The summed E-state index contributed by atoms with van der Waals surface area (Å²) in [5.41, 5.74) is 2.22. The smallest absolute Gasteiger partial charge is 0.341 e.